The van der Waals surface area contributed by atoms with Crippen LogP contribution in [0.4, 0.5) is 10.1 Å². The Morgan fingerprint density at radius 1 is 1.16 bits per heavy atom. The molecule has 0 bridgehead atoms. The molecule has 3 aromatic rings. The topological polar surface area (TPSA) is 56.2 Å². The van der Waals surface area contributed by atoms with Gasteiger partial charge in [0.2, 0.25) is 0 Å². The summed E-state index contributed by atoms with van der Waals surface area (Å²) in [6, 6.07) is 13.3. The van der Waals surface area contributed by atoms with Crippen molar-refractivity contribution in [2.24, 2.45) is 0 Å². The standard InChI is InChI=1S/C19H18FN3O2/c1-3-25-17-12-23(16-10-6-14(20)7-11-16)22-18(17)19(24)21-15-8-4-13(2)5-9-15/h4-12H,3H2,1-2H3,(H,21,24). The van der Waals surface area contributed by atoms with Crippen molar-refractivity contribution in [3.8, 4) is 11.4 Å². The lowest BCUT2D eigenvalue weighted by Gasteiger charge is -2.05. The zero-order valence-electron chi connectivity index (χ0n) is 14.0. The van der Waals surface area contributed by atoms with Crippen LogP contribution in [-0.4, -0.2) is 22.3 Å². The molecule has 2 aromatic carbocycles. The Kier molecular flexibility index (Phi) is 4.79. The largest absolute Gasteiger partial charge is 0.490 e. The summed E-state index contributed by atoms with van der Waals surface area (Å²) in [6.45, 7) is 4.21. The molecule has 0 saturated carbocycles. The van der Waals surface area contributed by atoms with Crippen LogP contribution in [0, 0.1) is 12.7 Å². The van der Waals surface area contributed by atoms with Gasteiger partial charge in [-0.05, 0) is 50.2 Å². The predicted octanol–water partition coefficient (Wildman–Crippen LogP) is 3.97. The van der Waals surface area contributed by atoms with Crippen molar-refractivity contribution in [2.45, 2.75) is 13.8 Å². The van der Waals surface area contributed by atoms with Crippen molar-refractivity contribution >= 4 is 11.6 Å². The highest BCUT2D eigenvalue weighted by Gasteiger charge is 2.19. The minimum atomic E-state index is -0.367. The van der Waals surface area contributed by atoms with Gasteiger partial charge >= 0.3 is 0 Å². The molecule has 0 atom stereocenters. The summed E-state index contributed by atoms with van der Waals surface area (Å²) in [7, 11) is 0. The smallest absolute Gasteiger partial charge is 0.280 e. The molecule has 0 aliphatic carbocycles. The van der Waals surface area contributed by atoms with Gasteiger partial charge in [0.1, 0.15) is 5.82 Å². The fraction of sp³-hybridized carbons (Fsp3) is 0.158. The SMILES string of the molecule is CCOc1cn(-c2ccc(F)cc2)nc1C(=O)Nc1ccc(C)cc1. The highest BCUT2D eigenvalue weighted by Crippen LogP contribution is 2.22. The summed E-state index contributed by atoms with van der Waals surface area (Å²) < 4.78 is 20.1. The average Bonchev–Trinajstić information content (AvgIpc) is 3.02. The van der Waals surface area contributed by atoms with Crippen LogP contribution in [-0.2, 0) is 0 Å². The van der Waals surface area contributed by atoms with Crippen LogP contribution in [0.1, 0.15) is 23.0 Å². The molecule has 5 nitrogen and oxygen atoms in total. The molecule has 1 aromatic heterocycles. The summed E-state index contributed by atoms with van der Waals surface area (Å²) in [6.07, 6.45) is 1.61. The number of aryl methyl sites for hydroxylation is 1. The van der Waals surface area contributed by atoms with E-state index in [9.17, 15) is 9.18 Å². The van der Waals surface area contributed by atoms with Gasteiger partial charge in [-0.25, -0.2) is 9.07 Å². The van der Waals surface area contributed by atoms with Crippen LogP contribution in [0.3, 0.4) is 0 Å². The molecule has 0 aliphatic heterocycles. The van der Waals surface area contributed by atoms with Crippen molar-refractivity contribution in [3.63, 3.8) is 0 Å². The van der Waals surface area contributed by atoms with Gasteiger partial charge in [0, 0.05) is 5.69 Å². The van der Waals surface area contributed by atoms with Gasteiger partial charge in [-0.15, -0.1) is 0 Å². The fourth-order valence-corrected chi connectivity index (χ4v) is 2.33. The van der Waals surface area contributed by atoms with E-state index < -0.39 is 0 Å². The first-order valence-electron chi connectivity index (χ1n) is 7.93. The number of hydrogen-bond acceptors (Lipinski definition) is 3. The quantitative estimate of drug-likeness (QED) is 0.765. The number of ether oxygens (including phenoxy) is 1. The number of halogens is 1. The number of aromatic nitrogens is 2. The number of carbonyl (C=O) groups is 1. The lowest BCUT2D eigenvalue weighted by molar-refractivity contribution is 0.101. The van der Waals surface area contributed by atoms with E-state index in [0.29, 0.717) is 23.7 Å². The van der Waals surface area contributed by atoms with Crippen molar-refractivity contribution < 1.29 is 13.9 Å². The van der Waals surface area contributed by atoms with Crippen LogP contribution in [0.25, 0.3) is 5.69 Å². The van der Waals surface area contributed by atoms with Crippen LogP contribution in [0.2, 0.25) is 0 Å². The highest BCUT2D eigenvalue weighted by molar-refractivity contribution is 6.04. The van der Waals surface area contributed by atoms with Gasteiger partial charge in [0.25, 0.3) is 5.91 Å². The molecule has 1 amide bonds. The second-order valence-corrected chi connectivity index (χ2v) is 5.52. The van der Waals surface area contributed by atoms with E-state index in [4.69, 9.17) is 4.74 Å². The van der Waals surface area contributed by atoms with Crippen LogP contribution in [0.5, 0.6) is 5.75 Å². The molecule has 6 heteroatoms. The van der Waals surface area contributed by atoms with Crippen molar-refractivity contribution in [2.75, 3.05) is 11.9 Å². The number of nitrogens with zero attached hydrogens (tertiary/aromatic N) is 2. The molecule has 0 unspecified atom stereocenters. The van der Waals surface area contributed by atoms with E-state index in [1.165, 1.54) is 16.8 Å². The minimum Gasteiger partial charge on any atom is -0.490 e. The number of nitrogens with one attached hydrogen (secondary N) is 1. The minimum absolute atomic E-state index is 0.173. The number of benzene rings is 2. The van der Waals surface area contributed by atoms with E-state index in [2.05, 4.69) is 10.4 Å². The number of hydrogen-bond donors (Lipinski definition) is 1. The van der Waals surface area contributed by atoms with E-state index in [0.717, 1.165) is 5.56 Å². The summed E-state index contributed by atoms with van der Waals surface area (Å²) >= 11 is 0. The molecule has 0 saturated heterocycles. The van der Waals surface area contributed by atoms with E-state index in [1.54, 1.807) is 18.3 Å². The van der Waals surface area contributed by atoms with Crippen molar-refractivity contribution in [3.05, 3.63) is 71.8 Å². The first-order chi connectivity index (χ1) is 12.1. The third kappa shape index (κ3) is 3.85. The third-order valence-electron chi connectivity index (χ3n) is 3.60. The maximum absolute atomic E-state index is 13.1. The maximum atomic E-state index is 13.1. The highest BCUT2D eigenvalue weighted by atomic mass is 19.1. The van der Waals surface area contributed by atoms with Gasteiger partial charge in [-0.3, -0.25) is 4.79 Å². The van der Waals surface area contributed by atoms with Gasteiger partial charge < -0.3 is 10.1 Å². The van der Waals surface area contributed by atoms with Crippen LogP contribution >= 0.6 is 0 Å². The second kappa shape index (κ2) is 7.17. The maximum Gasteiger partial charge on any atom is 0.280 e. The molecule has 0 radical (unpaired) electrons. The lowest BCUT2D eigenvalue weighted by Crippen LogP contribution is -2.14. The Bertz CT molecular complexity index is 871. The van der Waals surface area contributed by atoms with Gasteiger partial charge in [0.15, 0.2) is 11.4 Å². The fourth-order valence-electron chi connectivity index (χ4n) is 2.33. The summed E-state index contributed by atoms with van der Waals surface area (Å²) in [5.41, 5.74) is 2.59. The molecule has 1 N–H and O–H groups in total. The zero-order chi connectivity index (χ0) is 17.8. The van der Waals surface area contributed by atoms with Crippen LogP contribution < -0.4 is 10.1 Å². The average molecular weight is 339 g/mol. The Balaban J connectivity index is 1.89. The first-order valence-corrected chi connectivity index (χ1v) is 7.93. The Hall–Kier alpha value is -3.15. The first kappa shape index (κ1) is 16.7. The summed E-state index contributed by atoms with van der Waals surface area (Å²) in [5, 5.41) is 7.10. The van der Waals surface area contributed by atoms with E-state index >= 15 is 0 Å². The van der Waals surface area contributed by atoms with Crippen LogP contribution in [0.15, 0.2) is 54.7 Å². The molecule has 0 spiro atoms. The van der Waals surface area contributed by atoms with E-state index in [1.807, 2.05) is 38.1 Å². The predicted molar refractivity (Wildman–Crippen MR) is 93.8 cm³/mol. The second-order valence-electron chi connectivity index (χ2n) is 5.52. The molecule has 1 heterocycles. The Morgan fingerprint density at radius 3 is 2.48 bits per heavy atom. The summed E-state index contributed by atoms with van der Waals surface area (Å²) in [4.78, 5) is 12.6. The monoisotopic (exact) mass is 339 g/mol. The molecular formula is C19H18FN3O2. The molecule has 128 valence electrons. The number of anilines is 1. The molecule has 25 heavy (non-hydrogen) atoms. The molecule has 0 fully saturated rings. The lowest BCUT2D eigenvalue weighted by atomic mass is 10.2. The Morgan fingerprint density at radius 2 is 1.84 bits per heavy atom. The van der Waals surface area contributed by atoms with Gasteiger partial charge in [0.05, 0.1) is 18.5 Å². The number of carbonyl (C=O) groups excluding carboxylic acids is 1. The number of amides is 1. The third-order valence-corrected chi connectivity index (χ3v) is 3.60. The van der Waals surface area contributed by atoms with Gasteiger partial charge in [-0.1, -0.05) is 17.7 Å². The van der Waals surface area contributed by atoms with Gasteiger partial charge in [-0.2, -0.15) is 5.10 Å². The summed E-state index contributed by atoms with van der Waals surface area (Å²) in [5.74, 6) is -0.331. The number of rotatable bonds is 5. The molecule has 0 aliphatic rings. The molecule has 3 rings (SSSR count). The normalized spacial score (nSPS) is 10.5. The Labute approximate surface area is 145 Å². The van der Waals surface area contributed by atoms with Crippen molar-refractivity contribution in [1.29, 1.82) is 0 Å². The van der Waals surface area contributed by atoms with E-state index in [-0.39, 0.29) is 17.4 Å². The zero-order valence-corrected chi connectivity index (χ0v) is 14.0. The molecular weight excluding hydrogens is 321 g/mol. The van der Waals surface area contributed by atoms with Crippen molar-refractivity contribution in [1.82, 2.24) is 9.78 Å².